The van der Waals surface area contributed by atoms with Crippen molar-refractivity contribution in [3.05, 3.63) is 72.6 Å². The number of rotatable bonds is 7. The van der Waals surface area contributed by atoms with Crippen molar-refractivity contribution in [1.82, 2.24) is 20.2 Å². The van der Waals surface area contributed by atoms with E-state index >= 15 is 0 Å². The zero-order valence-electron chi connectivity index (χ0n) is 19.6. The molecule has 4 rings (SSSR count). The highest BCUT2D eigenvalue weighted by Crippen LogP contribution is 2.23. The SMILES string of the molecule is CCOc1ccc(Oc2cc(CNC(=NC)N3CCN(c4ccccn4)CC3)ccn2)cc1.I. The number of aliphatic imine (C=N–C) groups is 1. The molecule has 0 unspecified atom stereocenters. The van der Waals surface area contributed by atoms with Crippen molar-refractivity contribution < 1.29 is 9.47 Å². The fourth-order valence-electron chi connectivity index (χ4n) is 3.71. The predicted octanol–water partition coefficient (Wildman–Crippen LogP) is 4.18. The highest BCUT2D eigenvalue weighted by Gasteiger charge is 2.20. The molecule has 1 aromatic carbocycles. The first-order valence-electron chi connectivity index (χ1n) is 11.2. The summed E-state index contributed by atoms with van der Waals surface area (Å²) in [5.41, 5.74) is 1.07. The van der Waals surface area contributed by atoms with Crippen molar-refractivity contribution in [1.29, 1.82) is 0 Å². The molecule has 1 N–H and O–H groups in total. The van der Waals surface area contributed by atoms with Crippen molar-refractivity contribution in [3.8, 4) is 17.4 Å². The average Bonchev–Trinajstić information content (AvgIpc) is 2.87. The molecule has 0 amide bonds. The molecule has 0 aliphatic carbocycles. The van der Waals surface area contributed by atoms with Crippen molar-refractivity contribution >= 4 is 35.8 Å². The lowest BCUT2D eigenvalue weighted by atomic mass is 10.2. The van der Waals surface area contributed by atoms with Crippen LogP contribution in [0.2, 0.25) is 0 Å². The van der Waals surface area contributed by atoms with Gasteiger partial charge in [0.15, 0.2) is 5.96 Å². The van der Waals surface area contributed by atoms with Gasteiger partial charge < -0.3 is 24.6 Å². The van der Waals surface area contributed by atoms with Crippen LogP contribution in [-0.4, -0.2) is 60.7 Å². The van der Waals surface area contributed by atoms with E-state index in [-0.39, 0.29) is 24.0 Å². The zero-order valence-corrected chi connectivity index (χ0v) is 21.9. The highest BCUT2D eigenvalue weighted by molar-refractivity contribution is 14.0. The molecule has 3 aromatic rings. The van der Waals surface area contributed by atoms with E-state index in [1.165, 1.54) is 0 Å². The fraction of sp³-hybridized carbons (Fsp3) is 0.320. The Balaban J connectivity index is 0.00000324. The van der Waals surface area contributed by atoms with Crippen molar-refractivity contribution in [2.75, 3.05) is 44.7 Å². The Kier molecular flexibility index (Phi) is 9.75. The molecule has 34 heavy (non-hydrogen) atoms. The molecule has 0 spiro atoms. The number of halogens is 1. The van der Waals surface area contributed by atoms with Gasteiger partial charge in [-0.1, -0.05) is 6.07 Å². The molecule has 8 nitrogen and oxygen atoms in total. The van der Waals surface area contributed by atoms with Crippen LogP contribution in [0.3, 0.4) is 0 Å². The topological polar surface area (TPSA) is 75.1 Å². The standard InChI is InChI=1S/C25H30N6O2.HI/c1-3-32-21-7-9-22(10-8-21)33-24-18-20(11-13-28-24)19-29-25(26-2)31-16-14-30(15-17-31)23-6-4-5-12-27-23;/h4-13,18H,3,14-17,19H2,1-2H3,(H,26,29);1H. The summed E-state index contributed by atoms with van der Waals surface area (Å²) < 4.78 is 11.4. The summed E-state index contributed by atoms with van der Waals surface area (Å²) in [4.78, 5) is 17.8. The molecule has 0 bridgehead atoms. The third-order valence-electron chi connectivity index (χ3n) is 5.37. The van der Waals surface area contributed by atoms with Gasteiger partial charge in [-0.25, -0.2) is 9.97 Å². The number of piperazine rings is 1. The van der Waals surface area contributed by atoms with Gasteiger partial charge in [-0.15, -0.1) is 24.0 Å². The van der Waals surface area contributed by atoms with Crippen LogP contribution >= 0.6 is 24.0 Å². The van der Waals surface area contributed by atoms with E-state index in [1.54, 1.807) is 6.20 Å². The van der Waals surface area contributed by atoms with Crippen LogP contribution in [0.25, 0.3) is 0 Å². The minimum Gasteiger partial charge on any atom is -0.494 e. The summed E-state index contributed by atoms with van der Waals surface area (Å²) in [6, 6.07) is 17.5. The molecule has 3 heterocycles. The summed E-state index contributed by atoms with van der Waals surface area (Å²) in [6.45, 7) is 6.83. The first-order valence-corrected chi connectivity index (χ1v) is 11.2. The average molecular weight is 574 g/mol. The van der Waals surface area contributed by atoms with E-state index in [1.807, 2.05) is 68.7 Å². The van der Waals surface area contributed by atoms with E-state index in [0.717, 1.165) is 55.0 Å². The van der Waals surface area contributed by atoms with Crippen LogP contribution in [0.1, 0.15) is 12.5 Å². The quantitative estimate of drug-likeness (QED) is 0.258. The number of aromatic nitrogens is 2. The maximum absolute atomic E-state index is 5.91. The lowest BCUT2D eigenvalue weighted by Gasteiger charge is -2.37. The summed E-state index contributed by atoms with van der Waals surface area (Å²) >= 11 is 0. The first kappa shape index (κ1) is 25.5. The molecule has 0 saturated carbocycles. The van der Waals surface area contributed by atoms with Gasteiger partial charge in [-0.2, -0.15) is 0 Å². The molecule has 1 fully saturated rings. The lowest BCUT2D eigenvalue weighted by Crippen LogP contribution is -2.52. The number of benzene rings is 1. The van der Waals surface area contributed by atoms with Crippen molar-refractivity contribution in [2.45, 2.75) is 13.5 Å². The molecule has 1 saturated heterocycles. The monoisotopic (exact) mass is 574 g/mol. The Labute approximate surface area is 218 Å². The largest absolute Gasteiger partial charge is 0.494 e. The van der Waals surface area contributed by atoms with Crippen molar-refractivity contribution in [2.24, 2.45) is 4.99 Å². The molecule has 0 atom stereocenters. The molecule has 1 aliphatic heterocycles. The third-order valence-corrected chi connectivity index (χ3v) is 5.37. The van der Waals surface area contributed by atoms with Crippen LogP contribution in [0.5, 0.6) is 17.4 Å². The molecule has 1 aliphatic rings. The van der Waals surface area contributed by atoms with E-state index in [2.05, 4.69) is 36.1 Å². The minimum atomic E-state index is 0. The van der Waals surface area contributed by atoms with Gasteiger partial charge in [0.1, 0.15) is 17.3 Å². The maximum atomic E-state index is 5.91. The van der Waals surface area contributed by atoms with Gasteiger partial charge in [-0.3, -0.25) is 4.99 Å². The lowest BCUT2D eigenvalue weighted by molar-refractivity contribution is 0.339. The number of hydrogen-bond acceptors (Lipinski definition) is 6. The van der Waals surface area contributed by atoms with Gasteiger partial charge in [0.2, 0.25) is 5.88 Å². The highest BCUT2D eigenvalue weighted by atomic mass is 127. The first-order chi connectivity index (χ1) is 16.2. The van der Waals surface area contributed by atoms with E-state index in [0.29, 0.717) is 19.0 Å². The Morgan fingerprint density at radius 2 is 1.74 bits per heavy atom. The van der Waals surface area contributed by atoms with Gasteiger partial charge in [-0.05, 0) is 55.0 Å². The van der Waals surface area contributed by atoms with Gasteiger partial charge >= 0.3 is 0 Å². The summed E-state index contributed by atoms with van der Waals surface area (Å²) in [6.07, 6.45) is 3.60. The molecule has 2 aromatic heterocycles. The third kappa shape index (κ3) is 6.96. The van der Waals surface area contributed by atoms with E-state index < -0.39 is 0 Å². The number of guanidine groups is 1. The second-order valence-electron chi connectivity index (χ2n) is 7.57. The second kappa shape index (κ2) is 13.0. The van der Waals surface area contributed by atoms with Gasteiger partial charge in [0, 0.05) is 58.2 Å². The zero-order chi connectivity index (χ0) is 22.9. The Morgan fingerprint density at radius 3 is 2.41 bits per heavy atom. The molecule has 0 radical (unpaired) electrons. The molecule has 9 heteroatoms. The summed E-state index contributed by atoms with van der Waals surface area (Å²) in [5, 5.41) is 3.46. The number of nitrogens with one attached hydrogen (secondary N) is 1. The summed E-state index contributed by atoms with van der Waals surface area (Å²) in [7, 11) is 1.82. The van der Waals surface area contributed by atoms with Crippen LogP contribution in [0.15, 0.2) is 72.0 Å². The number of nitrogens with zero attached hydrogens (tertiary/aromatic N) is 5. The summed E-state index contributed by atoms with van der Waals surface area (Å²) in [5.74, 6) is 4.01. The molecular formula is C25H31IN6O2. The maximum Gasteiger partial charge on any atom is 0.219 e. The number of ether oxygens (including phenoxy) is 2. The smallest absolute Gasteiger partial charge is 0.219 e. The van der Waals surface area contributed by atoms with E-state index in [9.17, 15) is 0 Å². The Bertz CT molecular complexity index is 1040. The van der Waals surface area contributed by atoms with E-state index in [4.69, 9.17) is 9.47 Å². The van der Waals surface area contributed by atoms with Crippen LogP contribution < -0.4 is 19.7 Å². The second-order valence-corrected chi connectivity index (χ2v) is 7.57. The number of hydrogen-bond donors (Lipinski definition) is 1. The fourth-order valence-corrected chi connectivity index (χ4v) is 3.71. The van der Waals surface area contributed by atoms with Crippen molar-refractivity contribution in [3.63, 3.8) is 0 Å². The van der Waals surface area contributed by atoms with Crippen LogP contribution in [0, 0.1) is 0 Å². The molecular weight excluding hydrogens is 543 g/mol. The van der Waals surface area contributed by atoms with Crippen LogP contribution in [0.4, 0.5) is 5.82 Å². The van der Waals surface area contributed by atoms with Crippen LogP contribution in [-0.2, 0) is 6.54 Å². The molecule has 180 valence electrons. The Morgan fingerprint density at radius 1 is 0.971 bits per heavy atom. The predicted molar refractivity (Wildman–Crippen MR) is 146 cm³/mol. The number of anilines is 1. The minimum absolute atomic E-state index is 0. The normalized spacial score (nSPS) is 13.8. The Hall–Kier alpha value is -3.08. The van der Waals surface area contributed by atoms with Gasteiger partial charge in [0.05, 0.1) is 6.61 Å². The number of pyridine rings is 2. The van der Waals surface area contributed by atoms with Gasteiger partial charge in [0.25, 0.3) is 0 Å².